The molecule has 0 fully saturated rings. The Morgan fingerprint density at radius 2 is 2.00 bits per heavy atom. The van der Waals surface area contributed by atoms with Crippen LogP contribution in [0.25, 0.3) is 0 Å². The molecule has 2 atom stereocenters. The summed E-state index contributed by atoms with van der Waals surface area (Å²) in [4.78, 5) is 0. The second-order valence-electron chi connectivity index (χ2n) is 5.72. The zero-order chi connectivity index (χ0) is 14.6. The highest BCUT2D eigenvalue weighted by molar-refractivity contribution is 14.1. The van der Waals surface area contributed by atoms with E-state index < -0.39 is 0 Å². The maximum absolute atomic E-state index is 3.83. The number of halogens is 2. The summed E-state index contributed by atoms with van der Waals surface area (Å²) in [7, 11) is 0. The topological polar surface area (TPSA) is 0 Å². The Hall–Kier alpha value is 0.420. The zero-order valence-electron chi connectivity index (χ0n) is 12.3. The first-order chi connectivity index (χ1) is 8.78. The van der Waals surface area contributed by atoms with E-state index in [1.165, 1.54) is 11.1 Å². The van der Waals surface area contributed by atoms with Crippen LogP contribution in [0.15, 0.2) is 47.6 Å². The first-order valence-electron chi connectivity index (χ1n) is 6.77. The highest BCUT2D eigenvalue weighted by atomic mass is 127. The molecule has 0 aromatic heterocycles. The summed E-state index contributed by atoms with van der Waals surface area (Å²) >= 11 is 4.95. The average molecular weight is 482 g/mol. The standard InChI is InChI=1S/C17H24I2/c1-6-7-16(19)11-15-10-14(9-8-12(2)18)13(3)17(15,4)5/h6,8-9,11-12,16H,1,7,10H2,2-5H3/b9-8-,15-11+. The fourth-order valence-electron chi connectivity index (χ4n) is 2.35. The van der Waals surface area contributed by atoms with E-state index in [2.05, 4.69) is 97.7 Å². The van der Waals surface area contributed by atoms with E-state index in [9.17, 15) is 0 Å². The lowest BCUT2D eigenvalue weighted by Gasteiger charge is -2.23. The van der Waals surface area contributed by atoms with E-state index in [1.807, 2.05) is 6.08 Å². The highest BCUT2D eigenvalue weighted by Gasteiger charge is 2.33. The van der Waals surface area contributed by atoms with Gasteiger partial charge in [0.2, 0.25) is 0 Å². The third kappa shape index (κ3) is 4.73. The molecule has 1 aliphatic carbocycles. The van der Waals surface area contributed by atoms with Gasteiger partial charge in [-0.25, -0.2) is 0 Å². The second kappa shape index (κ2) is 7.43. The van der Waals surface area contributed by atoms with Crippen molar-refractivity contribution in [2.45, 2.75) is 48.4 Å². The number of hydrogen-bond acceptors (Lipinski definition) is 0. The van der Waals surface area contributed by atoms with Crippen molar-refractivity contribution in [3.05, 3.63) is 47.6 Å². The molecule has 0 radical (unpaired) electrons. The van der Waals surface area contributed by atoms with Gasteiger partial charge < -0.3 is 0 Å². The van der Waals surface area contributed by atoms with Crippen molar-refractivity contribution < 1.29 is 0 Å². The second-order valence-corrected chi connectivity index (χ2v) is 9.29. The van der Waals surface area contributed by atoms with E-state index in [0.29, 0.717) is 7.85 Å². The van der Waals surface area contributed by atoms with E-state index in [-0.39, 0.29) is 5.41 Å². The van der Waals surface area contributed by atoms with Crippen LogP contribution >= 0.6 is 45.2 Å². The summed E-state index contributed by atoms with van der Waals surface area (Å²) in [5.41, 5.74) is 4.79. The minimum atomic E-state index is 0.207. The summed E-state index contributed by atoms with van der Waals surface area (Å²) in [6, 6.07) is 0. The van der Waals surface area contributed by atoms with Gasteiger partial charge in [0.25, 0.3) is 0 Å². The molecular weight excluding hydrogens is 458 g/mol. The normalized spacial score (nSPS) is 24.2. The van der Waals surface area contributed by atoms with E-state index >= 15 is 0 Å². The van der Waals surface area contributed by atoms with Crippen LogP contribution < -0.4 is 0 Å². The first-order valence-corrected chi connectivity index (χ1v) is 9.26. The van der Waals surface area contributed by atoms with Crippen molar-refractivity contribution in [2.24, 2.45) is 5.41 Å². The lowest BCUT2D eigenvalue weighted by Crippen LogP contribution is -2.12. The molecule has 19 heavy (non-hydrogen) atoms. The maximum atomic E-state index is 3.83. The fraction of sp³-hybridized carbons (Fsp3) is 0.529. The van der Waals surface area contributed by atoms with Crippen LogP contribution in [0, 0.1) is 5.41 Å². The Morgan fingerprint density at radius 3 is 2.53 bits per heavy atom. The molecule has 0 aromatic rings. The zero-order valence-corrected chi connectivity index (χ0v) is 16.7. The van der Waals surface area contributed by atoms with Gasteiger partial charge in [-0.1, -0.05) is 94.5 Å². The van der Waals surface area contributed by atoms with Crippen LogP contribution in [0.2, 0.25) is 0 Å². The molecular formula is C17H24I2. The molecule has 0 bridgehead atoms. The number of alkyl halides is 2. The molecule has 0 saturated carbocycles. The minimum Gasteiger partial charge on any atom is -0.103 e. The van der Waals surface area contributed by atoms with E-state index in [1.54, 1.807) is 5.57 Å². The van der Waals surface area contributed by atoms with Crippen molar-refractivity contribution in [2.75, 3.05) is 0 Å². The summed E-state index contributed by atoms with van der Waals surface area (Å²) in [6.07, 6.45) is 11.2. The van der Waals surface area contributed by atoms with Crippen LogP contribution in [-0.2, 0) is 0 Å². The largest absolute Gasteiger partial charge is 0.103 e. The smallest absolute Gasteiger partial charge is 0.0326 e. The Bertz CT molecular complexity index is 423. The lowest BCUT2D eigenvalue weighted by atomic mass is 9.82. The lowest BCUT2D eigenvalue weighted by molar-refractivity contribution is 0.552. The van der Waals surface area contributed by atoms with Gasteiger partial charge in [-0.05, 0) is 32.3 Å². The molecule has 0 aliphatic heterocycles. The van der Waals surface area contributed by atoms with Gasteiger partial charge in [-0.15, -0.1) is 6.58 Å². The first kappa shape index (κ1) is 17.5. The van der Waals surface area contributed by atoms with Crippen LogP contribution in [0.4, 0.5) is 0 Å². The third-order valence-electron chi connectivity index (χ3n) is 3.94. The molecule has 2 unspecified atom stereocenters. The van der Waals surface area contributed by atoms with Crippen molar-refractivity contribution in [3.63, 3.8) is 0 Å². The number of hydrogen-bond donors (Lipinski definition) is 0. The van der Waals surface area contributed by atoms with Crippen molar-refractivity contribution >= 4 is 45.2 Å². The van der Waals surface area contributed by atoms with Gasteiger partial charge in [-0.3, -0.25) is 0 Å². The van der Waals surface area contributed by atoms with Crippen molar-refractivity contribution in [1.82, 2.24) is 0 Å². The number of allylic oxidation sites excluding steroid dienone is 7. The molecule has 0 aromatic carbocycles. The Kier molecular flexibility index (Phi) is 6.84. The molecule has 1 aliphatic rings. The van der Waals surface area contributed by atoms with Crippen LogP contribution in [-0.4, -0.2) is 7.85 Å². The molecule has 2 heteroatoms. The predicted octanol–water partition coefficient (Wildman–Crippen LogP) is 6.42. The monoisotopic (exact) mass is 482 g/mol. The molecule has 0 heterocycles. The molecule has 0 amide bonds. The number of rotatable bonds is 5. The van der Waals surface area contributed by atoms with Crippen LogP contribution in [0.5, 0.6) is 0 Å². The van der Waals surface area contributed by atoms with Crippen LogP contribution in [0.1, 0.15) is 40.5 Å². The molecule has 1 rings (SSSR count). The van der Waals surface area contributed by atoms with E-state index in [0.717, 1.165) is 12.8 Å². The van der Waals surface area contributed by atoms with Gasteiger partial charge in [0, 0.05) is 13.3 Å². The Labute approximate surface area is 145 Å². The van der Waals surface area contributed by atoms with Crippen molar-refractivity contribution in [1.29, 1.82) is 0 Å². The molecule has 0 N–H and O–H groups in total. The summed E-state index contributed by atoms with van der Waals surface area (Å²) in [5, 5.41) is 0. The summed E-state index contributed by atoms with van der Waals surface area (Å²) < 4.78 is 1.15. The minimum absolute atomic E-state index is 0.207. The molecule has 0 saturated heterocycles. The van der Waals surface area contributed by atoms with Gasteiger partial charge in [0.05, 0.1) is 0 Å². The van der Waals surface area contributed by atoms with Gasteiger partial charge in [0.15, 0.2) is 0 Å². The third-order valence-corrected chi connectivity index (χ3v) is 5.22. The Balaban J connectivity index is 2.97. The maximum Gasteiger partial charge on any atom is 0.0326 e. The van der Waals surface area contributed by atoms with Gasteiger partial charge in [0.1, 0.15) is 0 Å². The van der Waals surface area contributed by atoms with E-state index in [4.69, 9.17) is 0 Å². The fourth-order valence-corrected chi connectivity index (χ4v) is 3.35. The van der Waals surface area contributed by atoms with Crippen LogP contribution in [0.3, 0.4) is 0 Å². The molecule has 0 nitrogen and oxygen atoms in total. The summed E-state index contributed by atoms with van der Waals surface area (Å²) in [5.74, 6) is 0. The predicted molar refractivity (Wildman–Crippen MR) is 104 cm³/mol. The quantitative estimate of drug-likeness (QED) is 0.241. The van der Waals surface area contributed by atoms with Gasteiger partial charge >= 0.3 is 0 Å². The Morgan fingerprint density at radius 1 is 1.37 bits per heavy atom. The molecule has 106 valence electrons. The molecule has 0 spiro atoms. The average Bonchev–Trinajstić information content (AvgIpc) is 2.51. The van der Waals surface area contributed by atoms with Crippen molar-refractivity contribution in [3.8, 4) is 0 Å². The highest BCUT2D eigenvalue weighted by Crippen LogP contribution is 2.47. The SMILES string of the molecule is C=CCC(I)/C=C1\CC(/C=C\C(C)I)=C(C)C1(C)C. The summed E-state index contributed by atoms with van der Waals surface area (Å²) in [6.45, 7) is 13.0. The van der Waals surface area contributed by atoms with Gasteiger partial charge in [-0.2, -0.15) is 0 Å².